The number of rotatable bonds is 5. The third-order valence-electron chi connectivity index (χ3n) is 3.92. The van der Waals surface area contributed by atoms with Crippen molar-refractivity contribution in [3.8, 4) is 0 Å². The number of hydrogen-bond acceptors (Lipinski definition) is 4. The lowest BCUT2D eigenvalue weighted by Crippen LogP contribution is -2.36. The molecular weight excluding hydrogens is 254 g/mol. The average Bonchev–Trinajstić information content (AvgIpc) is 2.65. The van der Waals surface area contributed by atoms with Crippen LogP contribution in [0.3, 0.4) is 0 Å². The first kappa shape index (κ1) is 14.8. The van der Waals surface area contributed by atoms with Crippen molar-refractivity contribution >= 4 is 17.3 Å². The second-order valence-corrected chi connectivity index (χ2v) is 5.21. The lowest BCUT2D eigenvalue weighted by molar-refractivity contribution is -0.118. The molecule has 0 fully saturated rings. The molecule has 2 unspecified atom stereocenters. The van der Waals surface area contributed by atoms with Crippen molar-refractivity contribution in [3.63, 3.8) is 0 Å². The monoisotopic (exact) mass is 277 g/mol. The van der Waals surface area contributed by atoms with E-state index in [2.05, 4.69) is 18.7 Å². The first-order chi connectivity index (χ1) is 9.51. The Morgan fingerprint density at radius 1 is 1.50 bits per heavy atom. The Kier molecular flexibility index (Phi) is 4.30. The summed E-state index contributed by atoms with van der Waals surface area (Å²) in [5.74, 6) is -0.0508. The van der Waals surface area contributed by atoms with E-state index in [4.69, 9.17) is 10.5 Å². The molecule has 20 heavy (non-hydrogen) atoms. The molecule has 0 radical (unpaired) electrons. The highest BCUT2D eigenvalue weighted by molar-refractivity contribution is 6.04. The summed E-state index contributed by atoms with van der Waals surface area (Å²) in [6, 6.07) is 5.77. The number of benzene rings is 1. The van der Waals surface area contributed by atoms with Gasteiger partial charge in [-0.15, -0.1) is 0 Å². The molecule has 0 aromatic heterocycles. The topological polar surface area (TPSA) is 58.8 Å². The number of likely N-dealkylation sites (N-methyl/N-ethyl adjacent to an activating group) is 2. The van der Waals surface area contributed by atoms with Crippen LogP contribution in [0, 0.1) is 0 Å². The van der Waals surface area contributed by atoms with Gasteiger partial charge in [0.15, 0.2) is 0 Å². The molecule has 5 heteroatoms. The van der Waals surface area contributed by atoms with Crippen LogP contribution in [-0.2, 0) is 9.53 Å². The van der Waals surface area contributed by atoms with Crippen LogP contribution in [0.5, 0.6) is 0 Å². The summed E-state index contributed by atoms with van der Waals surface area (Å²) in [6.45, 7) is 5.78. The summed E-state index contributed by atoms with van der Waals surface area (Å²) < 4.78 is 5.23. The summed E-state index contributed by atoms with van der Waals surface area (Å²) in [4.78, 5) is 15.8. The molecule has 2 N–H and O–H groups in total. The number of ether oxygens (including phenoxy) is 1. The smallest absolute Gasteiger partial charge is 0.248 e. The van der Waals surface area contributed by atoms with Crippen LogP contribution in [0.1, 0.15) is 25.5 Å². The molecule has 1 aliphatic heterocycles. The Hall–Kier alpha value is -1.59. The van der Waals surface area contributed by atoms with Crippen molar-refractivity contribution in [3.05, 3.63) is 23.8 Å². The summed E-state index contributed by atoms with van der Waals surface area (Å²) in [5.41, 5.74) is 8.81. The van der Waals surface area contributed by atoms with Crippen molar-refractivity contribution in [2.45, 2.75) is 25.9 Å². The number of nitrogens with two attached hydrogens (primary N) is 1. The van der Waals surface area contributed by atoms with Crippen molar-refractivity contribution in [1.82, 2.24) is 0 Å². The maximum absolute atomic E-state index is 11.9. The van der Waals surface area contributed by atoms with E-state index in [1.165, 1.54) is 0 Å². The van der Waals surface area contributed by atoms with Crippen LogP contribution in [0.15, 0.2) is 18.2 Å². The number of methoxy groups -OCH3 is 1. The standard InChI is InChI=1S/C15H23N3O2/c1-5-18(10(2)9-20-4)11-6-7-12-13(8-11)17(3)15(19)14(12)16/h6-8,10,14H,5,9,16H2,1-4H3. The third kappa shape index (κ3) is 2.39. The number of fused-ring (bicyclic) bond motifs is 1. The minimum absolute atomic E-state index is 0.0508. The van der Waals surface area contributed by atoms with Gasteiger partial charge in [0.25, 0.3) is 0 Å². The molecular formula is C15H23N3O2. The van der Waals surface area contributed by atoms with E-state index in [9.17, 15) is 4.79 Å². The van der Waals surface area contributed by atoms with Crippen molar-refractivity contribution in [1.29, 1.82) is 0 Å². The lowest BCUT2D eigenvalue weighted by Gasteiger charge is -2.30. The maximum atomic E-state index is 11.9. The zero-order chi connectivity index (χ0) is 14.9. The Bertz CT molecular complexity index is 504. The summed E-state index contributed by atoms with van der Waals surface area (Å²) >= 11 is 0. The molecule has 0 spiro atoms. The van der Waals surface area contributed by atoms with E-state index in [1.807, 2.05) is 18.2 Å². The Morgan fingerprint density at radius 3 is 2.80 bits per heavy atom. The highest BCUT2D eigenvalue weighted by Gasteiger charge is 2.32. The molecule has 1 aromatic rings. The van der Waals surface area contributed by atoms with Gasteiger partial charge in [-0.2, -0.15) is 0 Å². The Morgan fingerprint density at radius 2 is 2.20 bits per heavy atom. The van der Waals surface area contributed by atoms with Crippen LogP contribution in [0.2, 0.25) is 0 Å². The SMILES string of the molecule is CCN(c1ccc2c(c1)N(C)C(=O)C2N)C(C)COC. The van der Waals surface area contributed by atoms with Gasteiger partial charge in [0.1, 0.15) is 6.04 Å². The molecule has 5 nitrogen and oxygen atoms in total. The Labute approximate surface area is 120 Å². The van der Waals surface area contributed by atoms with E-state index in [-0.39, 0.29) is 11.9 Å². The van der Waals surface area contributed by atoms with Gasteiger partial charge < -0.3 is 20.3 Å². The highest BCUT2D eigenvalue weighted by Crippen LogP contribution is 2.36. The number of hydrogen-bond donors (Lipinski definition) is 1. The minimum Gasteiger partial charge on any atom is -0.383 e. The van der Waals surface area contributed by atoms with Crippen LogP contribution >= 0.6 is 0 Å². The molecule has 0 bridgehead atoms. The van der Waals surface area contributed by atoms with Crippen LogP contribution in [-0.4, -0.2) is 39.3 Å². The van der Waals surface area contributed by atoms with Crippen molar-refractivity contribution in [2.75, 3.05) is 37.1 Å². The van der Waals surface area contributed by atoms with Gasteiger partial charge in [-0.3, -0.25) is 4.79 Å². The molecule has 2 atom stereocenters. The molecule has 1 heterocycles. The average molecular weight is 277 g/mol. The van der Waals surface area contributed by atoms with Gasteiger partial charge in [0, 0.05) is 38.0 Å². The number of anilines is 2. The molecule has 1 aliphatic rings. The fourth-order valence-electron chi connectivity index (χ4n) is 2.80. The molecule has 2 rings (SSSR count). The summed E-state index contributed by atoms with van der Waals surface area (Å²) in [6.07, 6.45) is 0. The van der Waals surface area contributed by atoms with E-state index in [0.29, 0.717) is 6.61 Å². The maximum Gasteiger partial charge on any atom is 0.248 e. The van der Waals surface area contributed by atoms with Crippen molar-refractivity contribution in [2.24, 2.45) is 5.73 Å². The summed E-state index contributed by atoms with van der Waals surface area (Å²) in [7, 11) is 3.48. The van der Waals surface area contributed by atoms with Gasteiger partial charge in [-0.05, 0) is 26.0 Å². The van der Waals surface area contributed by atoms with Crippen LogP contribution in [0.25, 0.3) is 0 Å². The molecule has 0 saturated carbocycles. The van der Waals surface area contributed by atoms with Gasteiger partial charge in [-0.1, -0.05) is 6.07 Å². The van der Waals surface area contributed by atoms with Crippen molar-refractivity contribution < 1.29 is 9.53 Å². The zero-order valence-corrected chi connectivity index (χ0v) is 12.6. The summed E-state index contributed by atoms with van der Waals surface area (Å²) in [5, 5.41) is 0. The fraction of sp³-hybridized carbons (Fsp3) is 0.533. The van der Waals surface area contributed by atoms with Gasteiger partial charge in [-0.25, -0.2) is 0 Å². The molecule has 110 valence electrons. The van der Waals surface area contributed by atoms with E-state index >= 15 is 0 Å². The Balaban J connectivity index is 2.34. The molecule has 1 aromatic carbocycles. The molecule has 1 amide bonds. The second kappa shape index (κ2) is 5.81. The number of nitrogens with zero attached hydrogens (tertiary/aromatic N) is 2. The zero-order valence-electron chi connectivity index (χ0n) is 12.6. The second-order valence-electron chi connectivity index (χ2n) is 5.21. The minimum atomic E-state index is -0.532. The number of carbonyl (C=O) groups is 1. The van der Waals surface area contributed by atoms with Gasteiger partial charge in [0.2, 0.25) is 5.91 Å². The fourth-order valence-corrected chi connectivity index (χ4v) is 2.80. The predicted molar refractivity (Wildman–Crippen MR) is 81.1 cm³/mol. The van der Waals surface area contributed by atoms with Gasteiger partial charge in [0.05, 0.1) is 12.3 Å². The first-order valence-corrected chi connectivity index (χ1v) is 6.93. The molecule has 0 aliphatic carbocycles. The van der Waals surface area contributed by atoms with E-state index in [0.717, 1.165) is 23.5 Å². The molecule has 0 saturated heterocycles. The lowest BCUT2D eigenvalue weighted by atomic mass is 10.1. The highest BCUT2D eigenvalue weighted by atomic mass is 16.5. The van der Waals surface area contributed by atoms with Crippen LogP contribution in [0.4, 0.5) is 11.4 Å². The van der Waals surface area contributed by atoms with E-state index < -0.39 is 6.04 Å². The quantitative estimate of drug-likeness (QED) is 0.886. The van der Waals surface area contributed by atoms with Crippen LogP contribution < -0.4 is 15.5 Å². The van der Waals surface area contributed by atoms with E-state index in [1.54, 1.807) is 19.1 Å². The van der Waals surface area contributed by atoms with Gasteiger partial charge >= 0.3 is 0 Å². The number of carbonyl (C=O) groups excluding carboxylic acids is 1. The normalized spacial score (nSPS) is 19.1. The number of amides is 1. The first-order valence-electron chi connectivity index (χ1n) is 6.93. The predicted octanol–water partition coefficient (Wildman–Crippen LogP) is 1.52. The third-order valence-corrected chi connectivity index (χ3v) is 3.92. The largest absolute Gasteiger partial charge is 0.383 e.